The molecular weight excluding hydrogens is 210 g/mol. The highest BCUT2D eigenvalue weighted by Crippen LogP contribution is 2.47. The average Bonchev–Trinajstić information content (AvgIpc) is 2.67. The number of nitrogens with one attached hydrogen (secondary N) is 1. The Bertz CT molecular complexity index is 393. The number of amides is 1. The van der Waals surface area contributed by atoms with Crippen molar-refractivity contribution in [3.05, 3.63) is 17.0 Å². The molecule has 1 aromatic rings. The van der Waals surface area contributed by atoms with Crippen molar-refractivity contribution in [3.63, 3.8) is 0 Å². The van der Waals surface area contributed by atoms with E-state index in [1.165, 1.54) is 12.0 Å². The van der Waals surface area contributed by atoms with Gasteiger partial charge in [0.25, 0.3) is 0 Å². The maximum atomic E-state index is 11.5. The first-order valence-electron chi connectivity index (χ1n) is 5.38. The topological polar surface area (TPSA) is 38.3 Å². The zero-order valence-electron chi connectivity index (χ0n) is 8.41. The normalized spacial score (nSPS) is 23.1. The third-order valence-electron chi connectivity index (χ3n) is 3.32. The third kappa shape index (κ3) is 1.35. The van der Waals surface area contributed by atoms with Crippen LogP contribution in [0.4, 0.5) is 9.80 Å². The van der Waals surface area contributed by atoms with Crippen LogP contribution in [0.5, 0.6) is 0 Å². The van der Waals surface area contributed by atoms with Crippen molar-refractivity contribution < 1.29 is 9.53 Å². The zero-order valence-corrected chi connectivity index (χ0v) is 9.23. The van der Waals surface area contributed by atoms with Crippen LogP contribution >= 0.6 is 11.3 Å². The molecule has 3 nitrogen and oxygen atoms in total. The minimum absolute atomic E-state index is 0.285. The molecular formula is C11H13NO2S. The van der Waals surface area contributed by atoms with Crippen LogP contribution in [0.2, 0.25) is 0 Å². The first-order valence-corrected chi connectivity index (χ1v) is 6.26. The van der Waals surface area contributed by atoms with E-state index < -0.39 is 0 Å². The summed E-state index contributed by atoms with van der Waals surface area (Å²) in [6.07, 6.45) is 5.23. The van der Waals surface area contributed by atoms with E-state index in [1.807, 2.05) is 5.38 Å². The lowest BCUT2D eigenvalue weighted by atomic mass is 9.80. The summed E-state index contributed by atoms with van der Waals surface area (Å²) in [5.74, 6) is 0. The molecule has 1 fully saturated rings. The lowest BCUT2D eigenvalue weighted by molar-refractivity contribution is -0.0174. The molecule has 2 aliphatic rings. The maximum absolute atomic E-state index is 11.5. The predicted octanol–water partition coefficient (Wildman–Crippen LogP) is 3.47. The Morgan fingerprint density at radius 2 is 2.13 bits per heavy atom. The van der Waals surface area contributed by atoms with Crippen molar-refractivity contribution in [2.24, 2.45) is 0 Å². The van der Waals surface area contributed by atoms with Gasteiger partial charge in [0.15, 0.2) is 0 Å². The molecule has 0 atom stereocenters. The third-order valence-corrected chi connectivity index (χ3v) is 4.15. The van der Waals surface area contributed by atoms with Gasteiger partial charge < -0.3 is 4.74 Å². The fraction of sp³-hybridized carbons (Fsp3) is 0.545. The van der Waals surface area contributed by atoms with Gasteiger partial charge in [-0.25, -0.2) is 4.79 Å². The van der Waals surface area contributed by atoms with Crippen molar-refractivity contribution >= 4 is 22.4 Å². The number of thiophene rings is 1. The van der Waals surface area contributed by atoms with Gasteiger partial charge in [-0.1, -0.05) is 6.42 Å². The van der Waals surface area contributed by atoms with Gasteiger partial charge >= 0.3 is 6.09 Å². The summed E-state index contributed by atoms with van der Waals surface area (Å²) < 4.78 is 5.56. The molecule has 0 radical (unpaired) electrons. The summed E-state index contributed by atoms with van der Waals surface area (Å²) in [5, 5.41) is 5.77. The van der Waals surface area contributed by atoms with E-state index >= 15 is 0 Å². The Kier molecular flexibility index (Phi) is 1.99. The lowest BCUT2D eigenvalue weighted by Gasteiger charge is -2.39. The smallest absolute Gasteiger partial charge is 0.413 e. The number of carbonyl (C=O) groups excluding carboxylic acids is 1. The molecule has 2 heterocycles. The molecule has 3 rings (SSSR count). The number of hydrogen-bond donors (Lipinski definition) is 1. The van der Waals surface area contributed by atoms with Crippen LogP contribution in [0.15, 0.2) is 11.4 Å². The van der Waals surface area contributed by atoms with Crippen LogP contribution in [0.1, 0.15) is 37.7 Å². The van der Waals surface area contributed by atoms with Crippen LogP contribution in [-0.2, 0) is 10.3 Å². The van der Waals surface area contributed by atoms with Crippen molar-refractivity contribution in [2.45, 2.75) is 37.7 Å². The first-order chi connectivity index (χ1) is 7.30. The second-order valence-electron chi connectivity index (χ2n) is 4.23. The van der Waals surface area contributed by atoms with Gasteiger partial charge in [0.2, 0.25) is 0 Å². The highest BCUT2D eigenvalue weighted by Gasteiger charge is 2.43. The Morgan fingerprint density at radius 1 is 1.33 bits per heavy atom. The molecule has 1 N–H and O–H groups in total. The van der Waals surface area contributed by atoms with E-state index in [9.17, 15) is 4.79 Å². The van der Waals surface area contributed by atoms with E-state index in [0.717, 1.165) is 30.7 Å². The molecule has 1 spiro atoms. The summed E-state index contributed by atoms with van der Waals surface area (Å²) >= 11 is 1.58. The number of carbonyl (C=O) groups is 1. The van der Waals surface area contributed by atoms with Crippen LogP contribution in [-0.4, -0.2) is 6.09 Å². The highest BCUT2D eigenvalue weighted by atomic mass is 32.1. The highest BCUT2D eigenvalue weighted by molar-refractivity contribution is 7.14. The largest absolute Gasteiger partial charge is 0.438 e. The predicted molar refractivity (Wildman–Crippen MR) is 59.2 cm³/mol. The van der Waals surface area contributed by atoms with Crippen molar-refractivity contribution in [1.82, 2.24) is 0 Å². The zero-order chi connectivity index (χ0) is 10.3. The molecule has 1 saturated carbocycles. The number of anilines is 1. The molecule has 4 heteroatoms. The second kappa shape index (κ2) is 3.23. The minimum atomic E-state index is -0.310. The van der Waals surface area contributed by atoms with Crippen LogP contribution in [0.3, 0.4) is 0 Å². The van der Waals surface area contributed by atoms with E-state index in [2.05, 4.69) is 11.4 Å². The maximum Gasteiger partial charge on any atom is 0.413 e. The van der Waals surface area contributed by atoms with Gasteiger partial charge in [0.05, 0.1) is 0 Å². The standard InChI is InChI=1S/C11H13NO2S/c13-10-12-9-8(4-7-15-9)11(14-10)5-2-1-3-6-11/h4,7H,1-3,5-6H2,(H,12,13). The average molecular weight is 223 g/mol. The molecule has 1 aliphatic heterocycles. The van der Waals surface area contributed by atoms with Gasteiger partial charge in [-0.2, -0.15) is 0 Å². The molecule has 80 valence electrons. The number of rotatable bonds is 0. The number of fused-ring (bicyclic) bond motifs is 2. The lowest BCUT2D eigenvalue weighted by Crippen LogP contribution is -2.40. The molecule has 1 amide bonds. The van der Waals surface area contributed by atoms with Gasteiger partial charge in [0, 0.05) is 5.56 Å². The van der Waals surface area contributed by atoms with E-state index in [1.54, 1.807) is 11.3 Å². The van der Waals surface area contributed by atoms with Crippen molar-refractivity contribution in [3.8, 4) is 0 Å². The van der Waals surface area contributed by atoms with Gasteiger partial charge in [0.1, 0.15) is 10.6 Å². The second-order valence-corrected chi connectivity index (χ2v) is 5.15. The van der Waals surface area contributed by atoms with Gasteiger partial charge in [-0.3, -0.25) is 5.32 Å². The number of ether oxygens (including phenoxy) is 1. The van der Waals surface area contributed by atoms with Gasteiger partial charge in [-0.15, -0.1) is 11.3 Å². The van der Waals surface area contributed by atoms with Gasteiger partial charge in [-0.05, 0) is 37.1 Å². The van der Waals surface area contributed by atoms with Crippen molar-refractivity contribution in [1.29, 1.82) is 0 Å². The molecule has 1 aliphatic carbocycles. The first kappa shape index (κ1) is 9.21. The number of hydrogen-bond acceptors (Lipinski definition) is 3. The molecule has 0 aromatic carbocycles. The van der Waals surface area contributed by atoms with E-state index in [0.29, 0.717) is 0 Å². The Hall–Kier alpha value is -1.03. The molecule has 0 bridgehead atoms. The minimum Gasteiger partial charge on any atom is -0.438 e. The Balaban J connectivity index is 2.05. The quantitative estimate of drug-likeness (QED) is 0.731. The van der Waals surface area contributed by atoms with Crippen LogP contribution < -0.4 is 5.32 Å². The summed E-state index contributed by atoms with van der Waals surface area (Å²) in [6.45, 7) is 0. The van der Waals surface area contributed by atoms with Crippen LogP contribution in [0, 0.1) is 0 Å². The SMILES string of the molecule is O=C1Nc2sccc2C2(CCCCC2)O1. The monoisotopic (exact) mass is 223 g/mol. The summed E-state index contributed by atoms with van der Waals surface area (Å²) in [7, 11) is 0. The van der Waals surface area contributed by atoms with E-state index in [-0.39, 0.29) is 11.7 Å². The molecule has 0 unspecified atom stereocenters. The fourth-order valence-corrected chi connectivity index (χ4v) is 3.47. The fourth-order valence-electron chi connectivity index (χ4n) is 2.61. The molecule has 0 saturated heterocycles. The Labute approximate surface area is 92.4 Å². The molecule has 15 heavy (non-hydrogen) atoms. The van der Waals surface area contributed by atoms with Crippen LogP contribution in [0.25, 0.3) is 0 Å². The molecule has 1 aromatic heterocycles. The summed E-state index contributed by atoms with van der Waals surface area (Å²) in [4.78, 5) is 11.5. The Morgan fingerprint density at radius 3 is 2.93 bits per heavy atom. The summed E-state index contributed by atoms with van der Waals surface area (Å²) in [6, 6.07) is 2.09. The van der Waals surface area contributed by atoms with Crippen molar-refractivity contribution in [2.75, 3.05) is 5.32 Å². The summed E-state index contributed by atoms with van der Waals surface area (Å²) in [5.41, 5.74) is 0.877. The van der Waals surface area contributed by atoms with E-state index in [4.69, 9.17) is 4.74 Å².